The predicted molar refractivity (Wildman–Crippen MR) is 109 cm³/mol. The van der Waals surface area contributed by atoms with Crippen LogP contribution in [0.25, 0.3) is 10.9 Å². The average Bonchev–Trinajstić information content (AvgIpc) is 2.65. The Morgan fingerprint density at radius 1 is 1.00 bits per heavy atom. The Morgan fingerprint density at radius 3 is 2.39 bits per heavy atom. The molecule has 0 aliphatic carbocycles. The summed E-state index contributed by atoms with van der Waals surface area (Å²) in [7, 11) is 1.68. The number of likely N-dealkylation sites (N-methyl/N-ethyl adjacent to an activating group) is 1. The van der Waals surface area contributed by atoms with Crippen molar-refractivity contribution in [3.63, 3.8) is 0 Å². The Kier molecular flexibility index (Phi) is 5.68. The molecule has 6 nitrogen and oxygen atoms in total. The first-order chi connectivity index (χ1) is 13.3. The van der Waals surface area contributed by atoms with E-state index in [1.54, 1.807) is 7.05 Å². The van der Waals surface area contributed by atoms with Crippen LogP contribution in [-0.4, -0.2) is 40.3 Å². The highest BCUT2D eigenvalue weighted by Gasteiger charge is 2.14. The summed E-state index contributed by atoms with van der Waals surface area (Å²) in [5.41, 5.74) is 4.31. The van der Waals surface area contributed by atoms with Gasteiger partial charge >= 0.3 is 0 Å². The molecular formula is C22H24N4O2. The number of fused-ring (bicyclic) bond motifs is 1. The highest BCUT2D eigenvalue weighted by Crippen LogP contribution is 2.15. The molecule has 0 aliphatic heterocycles. The minimum absolute atomic E-state index is 0.0745. The van der Waals surface area contributed by atoms with Crippen molar-refractivity contribution in [2.45, 2.75) is 27.3 Å². The van der Waals surface area contributed by atoms with E-state index in [9.17, 15) is 9.59 Å². The van der Waals surface area contributed by atoms with Gasteiger partial charge in [-0.3, -0.25) is 9.59 Å². The smallest absolute Gasteiger partial charge is 0.251 e. The van der Waals surface area contributed by atoms with Crippen LogP contribution in [-0.2, 0) is 11.3 Å². The van der Waals surface area contributed by atoms with E-state index in [2.05, 4.69) is 15.3 Å². The molecule has 0 fully saturated rings. The van der Waals surface area contributed by atoms with Crippen molar-refractivity contribution in [1.29, 1.82) is 0 Å². The van der Waals surface area contributed by atoms with Crippen LogP contribution in [0.1, 0.15) is 33.0 Å². The van der Waals surface area contributed by atoms with Crippen LogP contribution in [0.5, 0.6) is 0 Å². The van der Waals surface area contributed by atoms with Crippen LogP contribution in [0.15, 0.2) is 42.5 Å². The van der Waals surface area contributed by atoms with Crippen LogP contribution < -0.4 is 5.32 Å². The number of rotatable bonds is 5. The van der Waals surface area contributed by atoms with Gasteiger partial charge in [0.1, 0.15) is 5.82 Å². The fraction of sp³-hybridized carbons (Fsp3) is 0.273. The van der Waals surface area contributed by atoms with Crippen LogP contribution in [0.3, 0.4) is 0 Å². The summed E-state index contributed by atoms with van der Waals surface area (Å²) < 4.78 is 0. The largest absolute Gasteiger partial charge is 0.343 e. The van der Waals surface area contributed by atoms with Crippen molar-refractivity contribution in [2.24, 2.45) is 0 Å². The van der Waals surface area contributed by atoms with Crippen molar-refractivity contribution in [3.8, 4) is 0 Å². The lowest BCUT2D eigenvalue weighted by molar-refractivity contribution is -0.129. The zero-order valence-corrected chi connectivity index (χ0v) is 16.6. The lowest BCUT2D eigenvalue weighted by Crippen LogP contribution is -2.38. The second kappa shape index (κ2) is 8.17. The SMILES string of the molecule is Cc1cc(C)cc(C(=O)NCC(=O)N(C)Cc2nc(C)c3ccccc3n2)c1. The number of nitrogens with one attached hydrogen (secondary N) is 1. The van der Waals surface area contributed by atoms with Gasteiger partial charge in [-0.05, 0) is 39.0 Å². The molecule has 0 aliphatic rings. The Labute approximate surface area is 164 Å². The molecule has 0 bridgehead atoms. The summed E-state index contributed by atoms with van der Waals surface area (Å²) in [6, 6.07) is 13.4. The number of benzene rings is 2. The fourth-order valence-electron chi connectivity index (χ4n) is 3.16. The van der Waals surface area contributed by atoms with Crippen molar-refractivity contribution in [2.75, 3.05) is 13.6 Å². The number of para-hydroxylation sites is 1. The van der Waals surface area contributed by atoms with E-state index in [0.29, 0.717) is 11.4 Å². The molecule has 0 saturated carbocycles. The third-order valence-corrected chi connectivity index (χ3v) is 4.53. The molecular weight excluding hydrogens is 352 g/mol. The molecule has 0 unspecified atom stereocenters. The summed E-state index contributed by atoms with van der Waals surface area (Å²) in [6.07, 6.45) is 0. The molecule has 144 valence electrons. The summed E-state index contributed by atoms with van der Waals surface area (Å²) in [6.45, 7) is 6.01. The lowest BCUT2D eigenvalue weighted by Gasteiger charge is -2.17. The predicted octanol–water partition coefficient (Wildman–Crippen LogP) is 2.94. The van der Waals surface area contributed by atoms with Gasteiger partial charge < -0.3 is 10.2 Å². The number of nitrogens with zero attached hydrogens (tertiary/aromatic N) is 3. The van der Waals surface area contributed by atoms with Gasteiger partial charge in [0.15, 0.2) is 0 Å². The van der Waals surface area contributed by atoms with Gasteiger partial charge in [0.2, 0.25) is 5.91 Å². The number of carbonyl (C=O) groups excluding carboxylic acids is 2. The van der Waals surface area contributed by atoms with Crippen LogP contribution in [0.4, 0.5) is 0 Å². The van der Waals surface area contributed by atoms with Gasteiger partial charge in [-0.25, -0.2) is 9.97 Å². The summed E-state index contributed by atoms with van der Waals surface area (Å²) in [5, 5.41) is 3.69. The Hall–Kier alpha value is -3.28. The van der Waals surface area contributed by atoms with Gasteiger partial charge in [-0.1, -0.05) is 35.4 Å². The summed E-state index contributed by atoms with van der Waals surface area (Å²) >= 11 is 0. The van der Waals surface area contributed by atoms with Gasteiger partial charge in [0.05, 0.1) is 18.6 Å². The van der Waals surface area contributed by atoms with E-state index < -0.39 is 0 Å². The second-order valence-corrected chi connectivity index (χ2v) is 7.05. The molecule has 0 atom stereocenters. The molecule has 28 heavy (non-hydrogen) atoms. The number of aromatic nitrogens is 2. The van der Waals surface area contributed by atoms with E-state index in [-0.39, 0.29) is 24.9 Å². The van der Waals surface area contributed by atoms with Gasteiger partial charge in [0, 0.05) is 23.7 Å². The topological polar surface area (TPSA) is 75.2 Å². The van der Waals surface area contributed by atoms with Crippen molar-refractivity contribution in [3.05, 3.63) is 70.7 Å². The quantitative estimate of drug-likeness (QED) is 0.743. The number of aryl methyl sites for hydroxylation is 3. The third-order valence-electron chi connectivity index (χ3n) is 4.53. The lowest BCUT2D eigenvalue weighted by atomic mass is 10.1. The molecule has 0 saturated heterocycles. The minimum atomic E-state index is -0.258. The molecule has 6 heteroatoms. The second-order valence-electron chi connectivity index (χ2n) is 7.05. The molecule has 3 rings (SSSR count). The van der Waals surface area contributed by atoms with E-state index >= 15 is 0 Å². The molecule has 0 radical (unpaired) electrons. The summed E-state index contributed by atoms with van der Waals surface area (Å²) in [4.78, 5) is 35.3. The standard InChI is InChI=1S/C22H24N4O2/c1-14-9-15(2)11-17(10-14)22(28)23-12-21(27)26(4)13-20-24-16(3)18-7-5-6-8-19(18)25-20/h5-11H,12-13H2,1-4H3,(H,23,28). The normalized spacial score (nSPS) is 10.7. The molecule has 1 aromatic heterocycles. The number of amides is 2. The monoisotopic (exact) mass is 376 g/mol. The third kappa shape index (κ3) is 4.52. The molecule has 1 heterocycles. The number of hydrogen-bond acceptors (Lipinski definition) is 4. The maximum Gasteiger partial charge on any atom is 0.251 e. The van der Waals surface area contributed by atoms with Crippen molar-refractivity contribution < 1.29 is 9.59 Å². The molecule has 1 N–H and O–H groups in total. The zero-order valence-electron chi connectivity index (χ0n) is 16.6. The maximum absolute atomic E-state index is 12.4. The first kappa shape index (κ1) is 19.5. The van der Waals surface area contributed by atoms with Crippen LogP contribution in [0, 0.1) is 20.8 Å². The Balaban J connectivity index is 1.62. The molecule has 0 spiro atoms. The maximum atomic E-state index is 12.4. The average molecular weight is 376 g/mol. The number of carbonyl (C=O) groups is 2. The van der Waals surface area contributed by atoms with Gasteiger partial charge in [-0.15, -0.1) is 0 Å². The van der Waals surface area contributed by atoms with E-state index in [4.69, 9.17) is 0 Å². The molecule has 3 aromatic rings. The summed E-state index contributed by atoms with van der Waals surface area (Å²) in [5.74, 6) is 0.117. The Morgan fingerprint density at radius 2 is 1.68 bits per heavy atom. The van der Waals surface area contributed by atoms with Gasteiger partial charge in [-0.2, -0.15) is 0 Å². The molecule has 2 amide bonds. The van der Waals surface area contributed by atoms with E-state index in [1.165, 1.54) is 4.90 Å². The van der Waals surface area contributed by atoms with Crippen LogP contribution >= 0.6 is 0 Å². The zero-order chi connectivity index (χ0) is 20.3. The van der Waals surface area contributed by atoms with Crippen molar-refractivity contribution in [1.82, 2.24) is 20.2 Å². The first-order valence-electron chi connectivity index (χ1n) is 9.16. The molecule has 2 aromatic carbocycles. The Bertz CT molecular complexity index is 1030. The highest BCUT2D eigenvalue weighted by atomic mass is 16.2. The number of hydrogen-bond donors (Lipinski definition) is 1. The van der Waals surface area contributed by atoms with Gasteiger partial charge in [0.25, 0.3) is 5.91 Å². The van der Waals surface area contributed by atoms with E-state index in [0.717, 1.165) is 27.7 Å². The van der Waals surface area contributed by atoms with Crippen LogP contribution in [0.2, 0.25) is 0 Å². The first-order valence-corrected chi connectivity index (χ1v) is 9.16. The highest BCUT2D eigenvalue weighted by molar-refractivity contribution is 5.96. The van der Waals surface area contributed by atoms with Crippen molar-refractivity contribution >= 4 is 22.7 Å². The fourth-order valence-corrected chi connectivity index (χ4v) is 3.16. The minimum Gasteiger partial charge on any atom is -0.343 e. The van der Waals surface area contributed by atoms with E-state index in [1.807, 2.05) is 63.2 Å².